The van der Waals surface area contributed by atoms with E-state index in [1.54, 1.807) is 17.0 Å². The molecule has 1 aromatic heterocycles. The molecule has 31 heavy (non-hydrogen) atoms. The molecule has 0 aliphatic carbocycles. The van der Waals surface area contributed by atoms with Gasteiger partial charge in [-0.3, -0.25) is 4.79 Å². The summed E-state index contributed by atoms with van der Waals surface area (Å²) in [4.78, 5) is 18.8. The van der Waals surface area contributed by atoms with Crippen molar-refractivity contribution in [2.45, 2.75) is 32.3 Å². The van der Waals surface area contributed by atoms with E-state index in [1.165, 1.54) is 12.1 Å². The number of likely N-dealkylation sites (tertiary alicyclic amines) is 1. The molecule has 2 aromatic carbocycles. The number of aryl methyl sites for hydroxylation is 1. The number of piperidine rings is 1. The molecule has 0 radical (unpaired) electrons. The lowest BCUT2D eigenvalue weighted by Gasteiger charge is -2.31. The number of carbonyl (C=O) groups excluding carboxylic acids is 1. The molecule has 8 heteroatoms. The largest absolute Gasteiger partial charge is 0.484 e. The summed E-state index contributed by atoms with van der Waals surface area (Å²) in [5.74, 6) is 1.07. The lowest BCUT2D eigenvalue weighted by Crippen LogP contribution is -2.41. The van der Waals surface area contributed by atoms with E-state index < -0.39 is 5.82 Å². The molecule has 7 nitrogen and oxygen atoms in total. The van der Waals surface area contributed by atoms with Gasteiger partial charge in [-0.25, -0.2) is 4.39 Å². The van der Waals surface area contributed by atoms with Gasteiger partial charge in [-0.15, -0.1) is 0 Å². The summed E-state index contributed by atoms with van der Waals surface area (Å²) < 4.78 is 30.0. The second-order valence-corrected chi connectivity index (χ2v) is 7.55. The van der Waals surface area contributed by atoms with Gasteiger partial charge in [0.15, 0.2) is 30.6 Å². The first-order chi connectivity index (χ1) is 15.1. The molecule has 1 unspecified atom stereocenters. The maximum Gasteiger partial charge on any atom is 0.264 e. The molecule has 1 aliphatic heterocycles. The monoisotopic (exact) mass is 425 g/mol. The number of amides is 1. The minimum Gasteiger partial charge on any atom is -0.484 e. The highest BCUT2D eigenvalue weighted by molar-refractivity contribution is 5.78. The van der Waals surface area contributed by atoms with Crippen molar-refractivity contribution in [3.8, 4) is 11.5 Å². The molecule has 1 saturated heterocycles. The number of nitrogens with zero attached hydrogens (tertiary/aromatic N) is 3. The third-order valence-electron chi connectivity index (χ3n) is 5.16. The van der Waals surface area contributed by atoms with Crippen LogP contribution >= 0.6 is 0 Å². The van der Waals surface area contributed by atoms with Gasteiger partial charge >= 0.3 is 0 Å². The summed E-state index contributed by atoms with van der Waals surface area (Å²) in [7, 11) is 0. The highest BCUT2D eigenvalue weighted by atomic mass is 19.1. The maximum absolute atomic E-state index is 13.7. The Morgan fingerprint density at radius 1 is 1.23 bits per heavy atom. The minimum atomic E-state index is -0.448. The molecule has 0 N–H and O–H groups in total. The number of carbonyl (C=O) groups is 1. The number of halogens is 1. The van der Waals surface area contributed by atoms with E-state index in [4.69, 9.17) is 14.0 Å². The lowest BCUT2D eigenvalue weighted by atomic mass is 9.97. The predicted molar refractivity (Wildman–Crippen MR) is 110 cm³/mol. The van der Waals surface area contributed by atoms with E-state index in [0.717, 1.165) is 18.4 Å². The minimum absolute atomic E-state index is 0.00977. The molecule has 3 aromatic rings. The first-order valence-corrected chi connectivity index (χ1v) is 10.3. The molecule has 1 atom stereocenters. The zero-order valence-corrected chi connectivity index (χ0v) is 17.3. The molecule has 4 rings (SSSR count). The average molecular weight is 425 g/mol. The van der Waals surface area contributed by atoms with Crippen LogP contribution in [0.5, 0.6) is 11.5 Å². The van der Waals surface area contributed by atoms with E-state index in [9.17, 15) is 9.18 Å². The van der Waals surface area contributed by atoms with Crippen LogP contribution in [-0.2, 0) is 11.4 Å². The number of hydrogen-bond acceptors (Lipinski definition) is 6. The summed E-state index contributed by atoms with van der Waals surface area (Å²) in [6.07, 6.45) is 1.70. The Hall–Kier alpha value is -3.42. The van der Waals surface area contributed by atoms with Crippen LogP contribution < -0.4 is 9.47 Å². The van der Waals surface area contributed by atoms with Crippen LogP contribution in [0, 0.1) is 12.7 Å². The van der Waals surface area contributed by atoms with Gasteiger partial charge in [0, 0.05) is 19.0 Å². The fraction of sp³-hybridized carbons (Fsp3) is 0.348. The van der Waals surface area contributed by atoms with Crippen LogP contribution in [0.4, 0.5) is 4.39 Å². The summed E-state index contributed by atoms with van der Waals surface area (Å²) in [6, 6.07) is 13.8. The molecule has 0 bridgehead atoms. The van der Waals surface area contributed by atoms with E-state index in [1.807, 2.05) is 31.2 Å². The fourth-order valence-corrected chi connectivity index (χ4v) is 3.55. The van der Waals surface area contributed by atoms with Crippen molar-refractivity contribution < 1.29 is 23.2 Å². The second kappa shape index (κ2) is 9.59. The van der Waals surface area contributed by atoms with E-state index in [2.05, 4.69) is 10.1 Å². The van der Waals surface area contributed by atoms with E-state index >= 15 is 0 Å². The van der Waals surface area contributed by atoms with Crippen molar-refractivity contribution in [2.75, 3.05) is 19.7 Å². The lowest BCUT2D eigenvalue weighted by molar-refractivity contribution is -0.134. The van der Waals surface area contributed by atoms with Crippen molar-refractivity contribution in [3.05, 3.63) is 71.6 Å². The first-order valence-electron chi connectivity index (χ1n) is 10.3. The zero-order valence-electron chi connectivity index (χ0n) is 17.3. The molecule has 2 heterocycles. The van der Waals surface area contributed by atoms with Crippen molar-refractivity contribution >= 4 is 5.91 Å². The molecule has 1 aliphatic rings. The molecular weight excluding hydrogens is 401 g/mol. The van der Waals surface area contributed by atoms with Gasteiger partial charge in [-0.1, -0.05) is 29.4 Å². The average Bonchev–Trinajstić information content (AvgIpc) is 3.26. The SMILES string of the molecule is Cc1cccc(OCC(=O)N2CCCC(c3noc(COc4ccccc4F)n3)C2)c1. The Morgan fingerprint density at radius 2 is 2.10 bits per heavy atom. The van der Waals surface area contributed by atoms with Crippen molar-refractivity contribution in [3.63, 3.8) is 0 Å². The Bertz CT molecular complexity index is 1040. The normalized spacial score (nSPS) is 16.2. The van der Waals surface area contributed by atoms with Crippen molar-refractivity contribution in [2.24, 2.45) is 0 Å². The van der Waals surface area contributed by atoms with Crippen LogP contribution in [-0.4, -0.2) is 40.6 Å². The number of ether oxygens (including phenoxy) is 2. The van der Waals surface area contributed by atoms with Gasteiger partial charge in [-0.2, -0.15) is 4.98 Å². The molecular formula is C23H24FN3O4. The number of para-hydroxylation sites is 1. The molecule has 0 spiro atoms. The Labute approximate surface area is 179 Å². The number of aromatic nitrogens is 2. The summed E-state index contributed by atoms with van der Waals surface area (Å²) in [5.41, 5.74) is 1.08. The van der Waals surface area contributed by atoms with Gasteiger partial charge in [0.25, 0.3) is 11.8 Å². The summed E-state index contributed by atoms with van der Waals surface area (Å²) in [6.45, 7) is 3.12. The predicted octanol–water partition coefficient (Wildman–Crippen LogP) is 3.88. The number of hydrogen-bond donors (Lipinski definition) is 0. The third-order valence-corrected chi connectivity index (χ3v) is 5.16. The topological polar surface area (TPSA) is 77.7 Å². The van der Waals surface area contributed by atoms with Gasteiger partial charge in [0.1, 0.15) is 5.75 Å². The van der Waals surface area contributed by atoms with Crippen LogP contribution in [0.15, 0.2) is 53.1 Å². The molecule has 0 saturated carbocycles. The first kappa shape index (κ1) is 20.8. The highest BCUT2D eigenvalue weighted by Crippen LogP contribution is 2.25. The van der Waals surface area contributed by atoms with Gasteiger partial charge in [-0.05, 0) is 49.6 Å². The summed E-state index contributed by atoms with van der Waals surface area (Å²) >= 11 is 0. The van der Waals surface area contributed by atoms with Crippen LogP contribution in [0.1, 0.15) is 36.0 Å². The molecule has 162 valence electrons. The molecule has 1 fully saturated rings. The molecule has 1 amide bonds. The fourth-order valence-electron chi connectivity index (χ4n) is 3.55. The number of rotatable bonds is 7. The standard InChI is InChI=1S/C23H24FN3O4/c1-16-6-4-8-18(12-16)29-15-22(28)27-11-5-7-17(13-27)23-25-21(31-26-23)14-30-20-10-3-2-9-19(20)24/h2-4,6,8-10,12,17H,5,7,11,13-15H2,1H3. The van der Waals surface area contributed by atoms with E-state index in [-0.39, 0.29) is 36.7 Å². The maximum atomic E-state index is 13.7. The van der Waals surface area contributed by atoms with Gasteiger partial charge < -0.3 is 18.9 Å². The van der Waals surface area contributed by atoms with Gasteiger partial charge in [0.2, 0.25) is 0 Å². The highest BCUT2D eigenvalue weighted by Gasteiger charge is 2.28. The van der Waals surface area contributed by atoms with Crippen LogP contribution in [0.2, 0.25) is 0 Å². The van der Waals surface area contributed by atoms with Crippen molar-refractivity contribution in [1.29, 1.82) is 0 Å². The zero-order chi connectivity index (χ0) is 21.6. The Balaban J connectivity index is 1.31. The van der Waals surface area contributed by atoms with Crippen LogP contribution in [0.25, 0.3) is 0 Å². The smallest absolute Gasteiger partial charge is 0.264 e. The Kier molecular flexibility index (Phi) is 6.45. The second-order valence-electron chi connectivity index (χ2n) is 7.55. The van der Waals surface area contributed by atoms with Gasteiger partial charge in [0.05, 0.1) is 0 Å². The summed E-state index contributed by atoms with van der Waals surface area (Å²) in [5, 5.41) is 4.04. The quantitative estimate of drug-likeness (QED) is 0.572. The third kappa shape index (κ3) is 5.39. The van der Waals surface area contributed by atoms with Crippen molar-refractivity contribution in [1.82, 2.24) is 15.0 Å². The Morgan fingerprint density at radius 3 is 2.94 bits per heavy atom. The van der Waals surface area contributed by atoms with E-state index in [0.29, 0.717) is 24.7 Å². The number of benzene rings is 2. The van der Waals surface area contributed by atoms with Crippen LogP contribution in [0.3, 0.4) is 0 Å².